The third kappa shape index (κ3) is 4.97. The van der Waals surface area contributed by atoms with Gasteiger partial charge in [-0.25, -0.2) is 4.79 Å². The number of methoxy groups -OCH3 is 1. The van der Waals surface area contributed by atoms with Crippen molar-refractivity contribution in [2.24, 2.45) is 0 Å². The smallest absolute Gasteiger partial charge is 0.338 e. The van der Waals surface area contributed by atoms with Gasteiger partial charge < -0.3 is 14.8 Å². The van der Waals surface area contributed by atoms with Gasteiger partial charge in [0.15, 0.2) is 6.61 Å². The van der Waals surface area contributed by atoms with Crippen molar-refractivity contribution >= 4 is 45.1 Å². The van der Waals surface area contributed by atoms with E-state index >= 15 is 0 Å². The molecule has 0 atom stereocenters. The third-order valence-corrected chi connectivity index (χ3v) is 4.08. The fraction of sp³-hybridized carbons (Fsp3) is 0.125. The predicted octanol–water partition coefficient (Wildman–Crippen LogP) is 3.91. The molecule has 0 aliphatic carbocycles. The van der Waals surface area contributed by atoms with E-state index in [0.29, 0.717) is 22.0 Å². The largest absolute Gasteiger partial charge is 0.497 e. The Labute approximate surface area is 146 Å². The highest BCUT2D eigenvalue weighted by Crippen LogP contribution is 2.25. The molecule has 0 saturated carbocycles. The summed E-state index contributed by atoms with van der Waals surface area (Å²) < 4.78 is 10.7. The van der Waals surface area contributed by atoms with Crippen LogP contribution in [0.1, 0.15) is 10.4 Å². The van der Waals surface area contributed by atoms with Crippen LogP contribution in [0.3, 0.4) is 0 Å². The molecule has 0 aromatic heterocycles. The van der Waals surface area contributed by atoms with Crippen molar-refractivity contribution in [3.05, 3.63) is 57.5 Å². The lowest BCUT2D eigenvalue weighted by Gasteiger charge is -2.08. The van der Waals surface area contributed by atoms with E-state index in [1.165, 1.54) is 13.2 Å². The van der Waals surface area contributed by atoms with Crippen LogP contribution in [0.25, 0.3) is 0 Å². The Kier molecular flexibility index (Phi) is 6.01. The number of amides is 1. The van der Waals surface area contributed by atoms with Gasteiger partial charge in [-0.15, -0.1) is 0 Å². The predicted molar refractivity (Wildman–Crippen MR) is 91.1 cm³/mol. The number of hydrogen-bond acceptors (Lipinski definition) is 4. The molecule has 0 radical (unpaired) electrons. The summed E-state index contributed by atoms with van der Waals surface area (Å²) in [4.78, 5) is 23.7. The fourth-order valence-corrected chi connectivity index (χ4v) is 2.16. The maximum Gasteiger partial charge on any atom is 0.338 e. The van der Waals surface area contributed by atoms with Gasteiger partial charge in [0, 0.05) is 10.2 Å². The second-order valence-electron chi connectivity index (χ2n) is 4.49. The molecule has 0 fully saturated rings. The molecule has 5 nitrogen and oxygen atoms in total. The van der Waals surface area contributed by atoms with Gasteiger partial charge in [-0.3, -0.25) is 4.79 Å². The lowest BCUT2D eigenvalue weighted by atomic mass is 10.2. The van der Waals surface area contributed by atoms with Crippen LogP contribution in [0.15, 0.2) is 46.9 Å². The lowest BCUT2D eigenvalue weighted by Crippen LogP contribution is -2.20. The van der Waals surface area contributed by atoms with Gasteiger partial charge in [0.2, 0.25) is 0 Å². The molecule has 0 saturated heterocycles. The minimum atomic E-state index is -0.604. The van der Waals surface area contributed by atoms with Crippen LogP contribution in [0.2, 0.25) is 5.02 Å². The molecule has 0 unspecified atom stereocenters. The Balaban J connectivity index is 1.90. The van der Waals surface area contributed by atoms with Crippen molar-refractivity contribution in [3.63, 3.8) is 0 Å². The summed E-state index contributed by atoms with van der Waals surface area (Å²) in [6, 6.07) is 11.5. The summed E-state index contributed by atoms with van der Waals surface area (Å²) >= 11 is 9.20. The number of anilines is 1. The van der Waals surface area contributed by atoms with Crippen LogP contribution < -0.4 is 10.1 Å². The van der Waals surface area contributed by atoms with Crippen molar-refractivity contribution in [2.45, 2.75) is 0 Å². The number of benzene rings is 2. The number of halogens is 2. The minimum Gasteiger partial charge on any atom is -0.497 e. The van der Waals surface area contributed by atoms with E-state index in [4.69, 9.17) is 21.1 Å². The Morgan fingerprint density at radius 1 is 1.22 bits per heavy atom. The first-order valence-corrected chi connectivity index (χ1v) is 7.73. The summed E-state index contributed by atoms with van der Waals surface area (Å²) in [6.45, 7) is -0.399. The van der Waals surface area contributed by atoms with Gasteiger partial charge in [-0.05, 0) is 52.3 Å². The summed E-state index contributed by atoms with van der Waals surface area (Å²) in [6.07, 6.45) is 0. The van der Waals surface area contributed by atoms with Crippen molar-refractivity contribution in [1.29, 1.82) is 0 Å². The fourth-order valence-electron chi connectivity index (χ4n) is 1.74. The second kappa shape index (κ2) is 7.99. The first-order valence-electron chi connectivity index (χ1n) is 6.55. The van der Waals surface area contributed by atoms with Crippen molar-refractivity contribution in [2.75, 3.05) is 19.0 Å². The molecule has 23 heavy (non-hydrogen) atoms. The summed E-state index contributed by atoms with van der Waals surface area (Å²) in [5.74, 6) is -0.527. The molecule has 1 N–H and O–H groups in total. The number of carbonyl (C=O) groups is 2. The van der Waals surface area contributed by atoms with Gasteiger partial charge in [0.1, 0.15) is 5.75 Å². The second-order valence-corrected chi connectivity index (χ2v) is 5.75. The number of nitrogens with one attached hydrogen (secondary N) is 1. The molecule has 0 heterocycles. The first-order chi connectivity index (χ1) is 11.0. The average Bonchev–Trinajstić information content (AvgIpc) is 2.56. The molecule has 2 rings (SSSR count). The average molecular weight is 399 g/mol. The maximum atomic E-state index is 11.9. The zero-order chi connectivity index (χ0) is 16.8. The van der Waals surface area contributed by atoms with Gasteiger partial charge >= 0.3 is 5.97 Å². The molecule has 0 aliphatic rings. The number of ether oxygens (including phenoxy) is 2. The molecule has 7 heteroatoms. The number of hydrogen-bond donors (Lipinski definition) is 1. The van der Waals surface area contributed by atoms with Gasteiger partial charge in [-0.1, -0.05) is 17.7 Å². The minimum absolute atomic E-state index is 0.309. The Morgan fingerprint density at radius 2 is 2.00 bits per heavy atom. The van der Waals surface area contributed by atoms with Gasteiger partial charge in [-0.2, -0.15) is 0 Å². The number of rotatable bonds is 5. The Hall–Kier alpha value is -2.05. The SMILES string of the molecule is COc1cccc(C(=O)OCC(=O)Nc2ccc(Br)c(Cl)c2)c1. The highest BCUT2D eigenvalue weighted by Gasteiger charge is 2.11. The normalized spacial score (nSPS) is 10.0. The highest BCUT2D eigenvalue weighted by atomic mass is 79.9. The standard InChI is InChI=1S/C16H13BrClNO4/c1-22-12-4-2-3-10(7-12)16(21)23-9-15(20)19-11-5-6-13(17)14(18)8-11/h2-8H,9H2,1H3,(H,19,20). The zero-order valence-electron chi connectivity index (χ0n) is 12.1. The van der Waals surface area contributed by atoms with E-state index in [2.05, 4.69) is 21.2 Å². The zero-order valence-corrected chi connectivity index (χ0v) is 14.5. The molecular formula is C16H13BrClNO4. The van der Waals surface area contributed by atoms with E-state index in [-0.39, 0.29) is 0 Å². The van der Waals surface area contributed by atoms with Crippen LogP contribution in [-0.2, 0) is 9.53 Å². The van der Waals surface area contributed by atoms with Gasteiger partial charge in [0.25, 0.3) is 5.91 Å². The summed E-state index contributed by atoms with van der Waals surface area (Å²) in [7, 11) is 1.50. The topological polar surface area (TPSA) is 64.6 Å². The molecular weight excluding hydrogens is 386 g/mol. The van der Waals surface area contributed by atoms with E-state index in [1.54, 1.807) is 36.4 Å². The molecule has 0 aliphatic heterocycles. The van der Waals surface area contributed by atoms with Crippen LogP contribution in [0, 0.1) is 0 Å². The molecule has 2 aromatic carbocycles. The van der Waals surface area contributed by atoms with Crippen LogP contribution in [0.5, 0.6) is 5.75 Å². The van der Waals surface area contributed by atoms with E-state index in [1.807, 2.05) is 0 Å². The van der Waals surface area contributed by atoms with Crippen LogP contribution >= 0.6 is 27.5 Å². The van der Waals surface area contributed by atoms with Crippen LogP contribution in [0.4, 0.5) is 5.69 Å². The van der Waals surface area contributed by atoms with E-state index < -0.39 is 18.5 Å². The molecule has 120 valence electrons. The number of esters is 1. The molecule has 1 amide bonds. The Bertz CT molecular complexity index is 736. The van der Waals surface area contributed by atoms with Crippen molar-refractivity contribution in [1.82, 2.24) is 0 Å². The monoisotopic (exact) mass is 397 g/mol. The first kappa shape index (κ1) is 17.3. The van der Waals surface area contributed by atoms with Crippen LogP contribution in [-0.4, -0.2) is 25.6 Å². The number of carbonyl (C=O) groups excluding carboxylic acids is 2. The lowest BCUT2D eigenvalue weighted by molar-refractivity contribution is -0.119. The maximum absolute atomic E-state index is 11.9. The Morgan fingerprint density at radius 3 is 2.70 bits per heavy atom. The highest BCUT2D eigenvalue weighted by molar-refractivity contribution is 9.10. The molecule has 0 spiro atoms. The van der Waals surface area contributed by atoms with Crippen molar-refractivity contribution in [3.8, 4) is 5.75 Å². The van der Waals surface area contributed by atoms with E-state index in [0.717, 1.165) is 4.47 Å². The molecule has 2 aromatic rings. The van der Waals surface area contributed by atoms with Gasteiger partial charge in [0.05, 0.1) is 17.7 Å². The van der Waals surface area contributed by atoms with E-state index in [9.17, 15) is 9.59 Å². The summed E-state index contributed by atoms with van der Waals surface area (Å²) in [5.41, 5.74) is 0.824. The van der Waals surface area contributed by atoms with Crippen molar-refractivity contribution < 1.29 is 19.1 Å². The molecule has 0 bridgehead atoms. The summed E-state index contributed by atoms with van der Waals surface area (Å²) in [5, 5.41) is 3.06. The quantitative estimate of drug-likeness (QED) is 0.776. The third-order valence-electron chi connectivity index (χ3n) is 2.84.